The van der Waals surface area contributed by atoms with E-state index in [2.05, 4.69) is 40.7 Å². The molecular formula is C21H35ClN2O. The molecule has 1 unspecified atom stereocenters. The number of amides is 2. The first-order valence-corrected chi connectivity index (χ1v) is 10.0. The van der Waals surface area contributed by atoms with E-state index in [1.54, 1.807) is 0 Å². The van der Waals surface area contributed by atoms with E-state index >= 15 is 0 Å². The summed E-state index contributed by atoms with van der Waals surface area (Å²) >= 11 is 6.29. The number of urea groups is 1. The number of halogens is 1. The van der Waals surface area contributed by atoms with Crippen LogP contribution in [0.25, 0.3) is 0 Å². The normalized spacial score (nSPS) is 15.7. The Morgan fingerprint density at radius 1 is 1.20 bits per heavy atom. The van der Waals surface area contributed by atoms with E-state index in [0.717, 1.165) is 37.9 Å². The van der Waals surface area contributed by atoms with Crippen molar-refractivity contribution < 1.29 is 4.79 Å². The summed E-state index contributed by atoms with van der Waals surface area (Å²) in [4.78, 5) is 17.1. The van der Waals surface area contributed by atoms with Crippen LogP contribution in [0.5, 0.6) is 0 Å². The zero-order valence-electron chi connectivity index (χ0n) is 16.8. The highest BCUT2D eigenvalue weighted by Crippen LogP contribution is 2.24. The minimum absolute atomic E-state index is 0.0649. The monoisotopic (exact) mass is 366 g/mol. The van der Waals surface area contributed by atoms with Crippen molar-refractivity contribution in [2.75, 3.05) is 13.6 Å². The van der Waals surface area contributed by atoms with Crippen LogP contribution in [0.1, 0.15) is 60.3 Å². The lowest BCUT2D eigenvalue weighted by molar-refractivity contribution is 0.145. The first-order chi connectivity index (χ1) is 11.8. The van der Waals surface area contributed by atoms with E-state index in [0.29, 0.717) is 16.9 Å². The summed E-state index contributed by atoms with van der Waals surface area (Å²) in [6.07, 6.45) is 11.7. The minimum atomic E-state index is 0.0649. The van der Waals surface area contributed by atoms with Crippen molar-refractivity contribution in [3.05, 3.63) is 35.0 Å². The summed E-state index contributed by atoms with van der Waals surface area (Å²) in [7, 11) is 1.92. The van der Waals surface area contributed by atoms with Gasteiger partial charge in [0.05, 0.1) is 0 Å². The second-order valence-electron chi connectivity index (χ2n) is 7.18. The number of allylic oxidation sites excluding steroid dienone is 5. The van der Waals surface area contributed by atoms with Crippen LogP contribution < -0.4 is 0 Å². The Bertz CT molecular complexity index is 518. The molecule has 0 saturated carbocycles. The fourth-order valence-electron chi connectivity index (χ4n) is 3.31. The molecule has 0 heterocycles. The maximum absolute atomic E-state index is 13.3. The maximum atomic E-state index is 13.3. The van der Waals surface area contributed by atoms with Crippen LogP contribution in [0.15, 0.2) is 35.0 Å². The van der Waals surface area contributed by atoms with E-state index in [1.165, 1.54) is 0 Å². The highest BCUT2D eigenvalue weighted by molar-refractivity contribution is 6.31. The third-order valence-electron chi connectivity index (χ3n) is 5.24. The lowest BCUT2D eigenvalue weighted by Crippen LogP contribution is -2.47. The molecule has 3 nitrogen and oxygen atoms in total. The highest BCUT2D eigenvalue weighted by Gasteiger charge is 2.27. The molecular weight excluding hydrogens is 332 g/mol. The number of nitrogens with zero attached hydrogens (tertiary/aromatic N) is 2. The third kappa shape index (κ3) is 6.22. The molecule has 0 N–H and O–H groups in total. The second kappa shape index (κ2) is 10.7. The van der Waals surface area contributed by atoms with Gasteiger partial charge in [-0.3, -0.25) is 4.90 Å². The molecule has 25 heavy (non-hydrogen) atoms. The van der Waals surface area contributed by atoms with Crippen molar-refractivity contribution in [2.45, 2.75) is 66.3 Å². The molecule has 1 aliphatic carbocycles. The Labute approximate surface area is 159 Å². The topological polar surface area (TPSA) is 23.6 Å². The van der Waals surface area contributed by atoms with Gasteiger partial charge in [-0.05, 0) is 43.3 Å². The molecule has 1 rings (SSSR count). The quantitative estimate of drug-likeness (QED) is 0.503. The molecule has 0 fully saturated rings. The molecule has 4 heteroatoms. The van der Waals surface area contributed by atoms with Gasteiger partial charge in [0.1, 0.15) is 0 Å². The zero-order valence-corrected chi connectivity index (χ0v) is 17.5. The maximum Gasteiger partial charge on any atom is 0.324 e. The van der Waals surface area contributed by atoms with Crippen molar-refractivity contribution in [3.8, 4) is 0 Å². The lowest BCUT2D eigenvalue weighted by Gasteiger charge is -2.36. The summed E-state index contributed by atoms with van der Waals surface area (Å²) in [5, 5.41) is 0.695. The molecule has 0 radical (unpaired) electrons. The van der Waals surface area contributed by atoms with E-state index in [4.69, 9.17) is 11.6 Å². The number of hydrogen-bond acceptors (Lipinski definition) is 1. The second-order valence-corrected chi connectivity index (χ2v) is 7.62. The smallest absolute Gasteiger partial charge is 0.324 e. The number of rotatable bonds is 8. The van der Waals surface area contributed by atoms with Crippen molar-refractivity contribution in [1.29, 1.82) is 0 Å². The standard InChI is InChI=1S/C21H35ClN2O/c1-7-17(16(4)5)15-24(20-13-11-10-12-18(22)14-20)21(25)23(6)19(8-2)9-3/h11-14,16-17,19H,7-10,15H2,1-6H3. The fourth-order valence-corrected chi connectivity index (χ4v) is 3.51. The molecule has 1 atom stereocenters. The molecule has 142 valence electrons. The van der Waals surface area contributed by atoms with Crippen LogP contribution in [0.3, 0.4) is 0 Å². The Kier molecular flexibility index (Phi) is 9.34. The molecule has 1 aliphatic rings. The minimum Gasteiger partial charge on any atom is -0.324 e. The molecule has 0 aromatic heterocycles. The van der Waals surface area contributed by atoms with Gasteiger partial charge in [0.2, 0.25) is 0 Å². The Hall–Kier alpha value is -1.22. The van der Waals surface area contributed by atoms with Gasteiger partial charge >= 0.3 is 6.03 Å². The number of carbonyl (C=O) groups is 1. The van der Waals surface area contributed by atoms with E-state index in [-0.39, 0.29) is 12.1 Å². The van der Waals surface area contributed by atoms with Crippen LogP contribution in [0, 0.1) is 11.8 Å². The van der Waals surface area contributed by atoms with Gasteiger partial charge < -0.3 is 4.90 Å². The van der Waals surface area contributed by atoms with Gasteiger partial charge in [-0.25, -0.2) is 4.79 Å². The first-order valence-electron chi connectivity index (χ1n) is 9.63. The largest absolute Gasteiger partial charge is 0.324 e. The molecule has 0 aromatic rings. The van der Waals surface area contributed by atoms with Crippen LogP contribution >= 0.6 is 11.6 Å². The lowest BCUT2D eigenvalue weighted by atomic mass is 9.92. The molecule has 0 bridgehead atoms. The highest BCUT2D eigenvalue weighted by atomic mass is 35.5. The average molecular weight is 367 g/mol. The van der Waals surface area contributed by atoms with Crippen molar-refractivity contribution in [2.24, 2.45) is 11.8 Å². The Balaban J connectivity index is 3.18. The SMILES string of the molecule is CCC(CN(C(=O)N(C)C(CC)CC)C1=CC(Cl)=CCC=C1)C(C)C. The fraction of sp³-hybridized carbons (Fsp3) is 0.667. The van der Waals surface area contributed by atoms with Crippen LogP contribution in [0.4, 0.5) is 4.79 Å². The molecule has 0 aromatic carbocycles. The van der Waals surface area contributed by atoms with Gasteiger partial charge in [0, 0.05) is 30.4 Å². The summed E-state index contributed by atoms with van der Waals surface area (Å²) in [6.45, 7) is 11.6. The summed E-state index contributed by atoms with van der Waals surface area (Å²) in [5.74, 6) is 0.986. The molecule has 0 aliphatic heterocycles. The Morgan fingerprint density at radius 3 is 2.36 bits per heavy atom. The van der Waals surface area contributed by atoms with Crippen molar-refractivity contribution in [3.63, 3.8) is 0 Å². The van der Waals surface area contributed by atoms with Gasteiger partial charge in [-0.2, -0.15) is 0 Å². The van der Waals surface area contributed by atoms with Gasteiger partial charge in [0.25, 0.3) is 0 Å². The van der Waals surface area contributed by atoms with E-state index in [9.17, 15) is 4.79 Å². The summed E-state index contributed by atoms with van der Waals surface area (Å²) in [6, 6.07) is 0.325. The summed E-state index contributed by atoms with van der Waals surface area (Å²) in [5.41, 5.74) is 0.889. The van der Waals surface area contributed by atoms with Crippen LogP contribution in [-0.4, -0.2) is 35.5 Å². The van der Waals surface area contributed by atoms with Crippen LogP contribution in [0.2, 0.25) is 0 Å². The predicted octanol–water partition coefficient (Wildman–Crippen LogP) is 6.18. The molecule has 2 amide bonds. The van der Waals surface area contributed by atoms with Gasteiger partial charge in [0.15, 0.2) is 0 Å². The van der Waals surface area contributed by atoms with Crippen LogP contribution in [-0.2, 0) is 0 Å². The number of carbonyl (C=O) groups excluding carboxylic acids is 1. The molecule has 0 spiro atoms. The van der Waals surface area contributed by atoms with E-state index < -0.39 is 0 Å². The molecule has 0 saturated heterocycles. The predicted molar refractivity (Wildman–Crippen MR) is 109 cm³/mol. The Morgan fingerprint density at radius 2 is 1.84 bits per heavy atom. The number of hydrogen-bond donors (Lipinski definition) is 0. The summed E-state index contributed by atoms with van der Waals surface area (Å²) < 4.78 is 0. The third-order valence-corrected chi connectivity index (χ3v) is 5.51. The average Bonchev–Trinajstić information content (AvgIpc) is 2.80. The van der Waals surface area contributed by atoms with Crippen molar-refractivity contribution in [1.82, 2.24) is 9.80 Å². The van der Waals surface area contributed by atoms with Crippen molar-refractivity contribution >= 4 is 17.6 Å². The van der Waals surface area contributed by atoms with Gasteiger partial charge in [-0.1, -0.05) is 64.8 Å². The first kappa shape index (κ1) is 21.8. The zero-order chi connectivity index (χ0) is 19.0. The van der Waals surface area contributed by atoms with E-state index in [1.807, 2.05) is 35.1 Å². The van der Waals surface area contributed by atoms with Gasteiger partial charge in [-0.15, -0.1) is 0 Å².